The van der Waals surface area contributed by atoms with Gasteiger partial charge in [0.05, 0.1) is 0 Å². The summed E-state index contributed by atoms with van der Waals surface area (Å²) in [6, 6.07) is 9.85. The van der Waals surface area contributed by atoms with Crippen LogP contribution in [0.2, 0.25) is 0 Å². The second-order valence-electron chi connectivity index (χ2n) is 6.02. The van der Waals surface area contributed by atoms with Gasteiger partial charge in [-0.3, -0.25) is 4.79 Å². The van der Waals surface area contributed by atoms with Crippen LogP contribution in [0.4, 0.5) is 10.1 Å². The standard InChI is InChI=1S/C19H18FN3O3/c1-11-7-8-14(9-15(11)20)21-18(24)13(3)26-19(25)16-10-23-12(2)5-4-6-17(23)22-16/h4-10,13H,1-3H3,(H,21,24)/t13-/m0/s1. The van der Waals surface area contributed by atoms with E-state index in [-0.39, 0.29) is 5.69 Å². The van der Waals surface area contributed by atoms with Crippen LogP contribution in [0.1, 0.15) is 28.7 Å². The number of nitrogens with one attached hydrogen (secondary N) is 1. The minimum absolute atomic E-state index is 0.111. The molecule has 2 heterocycles. The summed E-state index contributed by atoms with van der Waals surface area (Å²) < 4.78 is 20.5. The van der Waals surface area contributed by atoms with Crippen LogP contribution < -0.4 is 5.32 Å². The fourth-order valence-electron chi connectivity index (χ4n) is 2.44. The van der Waals surface area contributed by atoms with Gasteiger partial charge in [0.15, 0.2) is 11.8 Å². The summed E-state index contributed by atoms with van der Waals surface area (Å²) in [5.41, 5.74) is 2.42. The Morgan fingerprint density at radius 1 is 1.23 bits per heavy atom. The van der Waals surface area contributed by atoms with E-state index in [0.717, 1.165) is 5.69 Å². The number of carbonyl (C=O) groups is 2. The number of carbonyl (C=O) groups excluding carboxylic acids is 2. The summed E-state index contributed by atoms with van der Waals surface area (Å²) in [5, 5.41) is 2.52. The third-order valence-electron chi connectivity index (χ3n) is 4.00. The summed E-state index contributed by atoms with van der Waals surface area (Å²) in [4.78, 5) is 28.6. The van der Waals surface area contributed by atoms with Gasteiger partial charge in [-0.15, -0.1) is 0 Å². The van der Waals surface area contributed by atoms with E-state index in [1.54, 1.807) is 35.7 Å². The van der Waals surface area contributed by atoms with Crippen molar-refractivity contribution in [3.63, 3.8) is 0 Å². The average Bonchev–Trinajstić information content (AvgIpc) is 3.04. The monoisotopic (exact) mass is 355 g/mol. The summed E-state index contributed by atoms with van der Waals surface area (Å²) in [5.74, 6) is -1.68. The molecule has 0 saturated carbocycles. The van der Waals surface area contributed by atoms with Crippen molar-refractivity contribution in [1.29, 1.82) is 0 Å². The molecule has 1 atom stereocenters. The van der Waals surface area contributed by atoms with Crippen LogP contribution in [0.3, 0.4) is 0 Å². The number of benzene rings is 1. The third kappa shape index (κ3) is 3.56. The Kier molecular flexibility index (Phi) is 4.71. The van der Waals surface area contributed by atoms with Crippen LogP contribution in [0.5, 0.6) is 0 Å². The van der Waals surface area contributed by atoms with Crippen molar-refractivity contribution in [1.82, 2.24) is 9.38 Å². The molecular weight excluding hydrogens is 337 g/mol. The van der Waals surface area contributed by atoms with Gasteiger partial charge >= 0.3 is 5.97 Å². The fraction of sp³-hybridized carbons (Fsp3) is 0.211. The second-order valence-corrected chi connectivity index (χ2v) is 6.02. The summed E-state index contributed by atoms with van der Waals surface area (Å²) in [6.45, 7) is 4.96. The van der Waals surface area contributed by atoms with Crippen LogP contribution in [0, 0.1) is 19.7 Å². The van der Waals surface area contributed by atoms with Crippen LogP contribution in [-0.2, 0) is 9.53 Å². The van der Waals surface area contributed by atoms with E-state index in [1.807, 2.05) is 19.1 Å². The van der Waals surface area contributed by atoms with Crippen LogP contribution in [-0.4, -0.2) is 27.4 Å². The Morgan fingerprint density at radius 2 is 2.00 bits per heavy atom. The van der Waals surface area contributed by atoms with Crippen molar-refractivity contribution in [2.24, 2.45) is 0 Å². The molecule has 7 heteroatoms. The molecule has 134 valence electrons. The number of aryl methyl sites for hydroxylation is 2. The first-order valence-electron chi connectivity index (χ1n) is 8.08. The summed E-state index contributed by atoms with van der Waals surface area (Å²) >= 11 is 0. The van der Waals surface area contributed by atoms with Crippen molar-refractivity contribution in [2.45, 2.75) is 26.9 Å². The Balaban J connectivity index is 1.68. The van der Waals surface area contributed by atoms with Crippen molar-refractivity contribution in [2.75, 3.05) is 5.32 Å². The van der Waals surface area contributed by atoms with Gasteiger partial charge in [0.2, 0.25) is 0 Å². The lowest BCUT2D eigenvalue weighted by Gasteiger charge is -2.13. The summed E-state index contributed by atoms with van der Waals surface area (Å²) in [7, 11) is 0. The van der Waals surface area contributed by atoms with Gasteiger partial charge in [-0.05, 0) is 50.6 Å². The van der Waals surface area contributed by atoms with Crippen molar-refractivity contribution >= 4 is 23.2 Å². The van der Waals surface area contributed by atoms with E-state index >= 15 is 0 Å². The molecule has 0 unspecified atom stereocenters. The molecule has 26 heavy (non-hydrogen) atoms. The minimum Gasteiger partial charge on any atom is -0.448 e. The molecule has 1 amide bonds. The normalized spacial score (nSPS) is 12.0. The molecule has 1 aromatic carbocycles. The lowest BCUT2D eigenvalue weighted by Crippen LogP contribution is -2.30. The Morgan fingerprint density at radius 3 is 2.69 bits per heavy atom. The number of fused-ring (bicyclic) bond motifs is 1. The van der Waals surface area contributed by atoms with E-state index in [2.05, 4.69) is 10.3 Å². The first kappa shape index (κ1) is 17.6. The molecule has 0 bridgehead atoms. The van der Waals surface area contributed by atoms with Gasteiger partial charge in [0.25, 0.3) is 5.91 Å². The molecule has 0 spiro atoms. The fourth-order valence-corrected chi connectivity index (χ4v) is 2.44. The van der Waals surface area contributed by atoms with Gasteiger partial charge in [0, 0.05) is 17.6 Å². The van der Waals surface area contributed by atoms with Gasteiger partial charge in [0.1, 0.15) is 11.5 Å². The molecule has 0 aliphatic carbocycles. The molecular formula is C19H18FN3O3. The number of imidazole rings is 1. The van der Waals surface area contributed by atoms with Gasteiger partial charge in [-0.1, -0.05) is 12.1 Å². The van der Waals surface area contributed by atoms with E-state index in [4.69, 9.17) is 4.74 Å². The number of halogens is 1. The number of nitrogens with zero attached hydrogens (tertiary/aromatic N) is 2. The van der Waals surface area contributed by atoms with E-state index in [0.29, 0.717) is 16.9 Å². The van der Waals surface area contributed by atoms with Crippen LogP contribution >= 0.6 is 0 Å². The van der Waals surface area contributed by atoms with E-state index < -0.39 is 23.8 Å². The largest absolute Gasteiger partial charge is 0.448 e. The van der Waals surface area contributed by atoms with Gasteiger partial charge < -0.3 is 14.5 Å². The maximum Gasteiger partial charge on any atom is 0.359 e. The first-order valence-corrected chi connectivity index (χ1v) is 8.08. The number of anilines is 1. The van der Waals surface area contributed by atoms with E-state index in [1.165, 1.54) is 13.0 Å². The maximum absolute atomic E-state index is 13.5. The number of rotatable bonds is 4. The highest BCUT2D eigenvalue weighted by atomic mass is 19.1. The molecule has 0 fully saturated rings. The highest BCUT2D eigenvalue weighted by Gasteiger charge is 2.21. The molecule has 1 N–H and O–H groups in total. The Labute approximate surface area is 149 Å². The first-order chi connectivity index (χ1) is 12.3. The van der Waals surface area contributed by atoms with E-state index in [9.17, 15) is 14.0 Å². The van der Waals surface area contributed by atoms with Gasteiger partial charge in [-0.25, -0.2) is 14.2 Å². The average molecular weight is 355 g/mol. The minimum atomic E-state index is -1.06. The lowest BCUT2D eigenvalue weighted by molar-refractivity contribution is -0.123. The number of hydrogen-bond acceptors (Lipinski definition) is 4. The zero-order valence-corrected chi connectivity index (χ0v) is 14.6. The SMILES string of the molecule is Cc1ccc(NC(=O)[C@H](C)OC(=O)c2cn3c(C)cccc3n2)cc1F. The van der Waals surface area contributed by atoms with Crippen molar-refractivity contribution in [3.05, 3.63) is 65.4 Å². The number of esters is 1. The highest BCUT2D eigenvalue weighted by Crippen LogP contribution is 2.15. The van der Waals surface area contributed by atoms with Crippen molar-refractivity contribution in [3.8, 4) is 0 Å². The molecule has 2 aromatic heterocycles. The molecule has 0 radical (unpaired) electrons. The third-order valence-corrected chi connectivity index (χ3v) is 4.00. The number of ether oxygens (including phenoxy) is 1. The van der Waals surface area contributed by atoms with Crippen LogP contribution in [0.25, 0.3) is 5.65 Å². The molecule has 3 aromatic rings. The number of pyridine rings is 1. The van der Waals surface area contributed by atoms with Crippen LogP contribution in [0.15, 0.2) is 42.6 Å². The smallest absolute Gasteiger partial charge is 0.359 e. The molecule has 3 rings (SSSR count). The lowest BCUT2D eigenvalue weighted by atomic mass is 10.2. The van der Waals surface area contributed by atoms with Crippen molar-refractivity contribution < 1.29 is 18.7 Å². The highest BCUT2D eigenvalue weighted by molar-refractivity contribution is 5.97. The molecule has 0 saturated heterocycles. The van der Waals surface area contributed by atoms with Gasteiger partial charge in [-0.2, -0.15) is 0 Å². The predicted molar refractivity (Wildman–Crippen MR) is 94.6 cm³/mol. The zero-order chi connectivity index (χ0) is 18.8. The molecule has 6 nitrogen and oxygen atoms in total. The molecule has 0 aliphatic heterocycles. The number of aromatic nitrogens is 2. The second kappa shape index (κ2) is 6.95. The number of hydrogen-bond donors (Lipinski definition) is 1. The quantitative estimate of drug-likeness (QED) is 0.729. The topological polar surface area (TPSA) is 72.7 Å². The molecule has 0 aliphatic rings. The predicted octanol–water partition coefficient (Wildman–Crippen LogP) is 3.27. The Bertz CT molecular complexity index is 997. The Hall–Kier alpha value is -3.22. The summed E-state index contributed by atoms with van der Waals surface area (Å²) in [6.07, 6.45) is 0.505. The zero-order valence-electron chi connectivity index (χ0n) is 14.6. The number of amides is 1. The maximum atomic E-state index is 13.5.